The van der Waals surface area contributed by atoms with Crippen LogP contribution in [0.1, 0.15) is 35.2 Å². The maximum Gasteiger partial charge on any atom is 0.167 e. The number of nitrogens with one attached hydrogen (secondary N) is 1. The Morgan fingerprint density at radius 1 is 1.22 bits per heavy atom. The molecule has 1 aliphatic heterocycles. The number of rotatable bonds is 4. The van der Waals surface area contributed by atoms with Crippen molar-refractivity contribution in [2.45, 2.75) is 33.2 Å². The van der Waals surface area contributed by atoms with Crippen LogP contribution in [0.4, 0.5) is 11.6 Å². The van der Waals surface area contributed by atoms with Crippen LogP contribution in [0.25, 0.3) is 0 Å². The van der Waals surface area contributed by atoms with E-state index in [1.165, 1.54) is 12.8 Å². The highest BCUT2D eigenvalue weighted by Crippen LogP contribution is 2.19. The number of pyridine rings is 1. The van der Waals surface area contributed by atoms with Gasteiger partial charge in [0.2, 0.25) is 0 Å². The second-order valence-electron chi connectivity index (χ2n) is 5.82. The zero-order valence-corrected chi connectivity index (χ0v) is 13.5. The molecule has 0 unspecified atom stereocenters. The Morgan fingerprint density at radius 2 is 2.00 bits per heavy atom. The SMILES string of the molecule is Cc1nnc(NCc2ccc(N3CCCC3)nc2)c(C#N)c1C. The van der Waals surface area contributed by atoms with Gasteiger partial charge in [0.15, 0.2) is 5.82 Å². The van der Waals surface area contributed by atoms with Crippen molar-refractivity contribution in [3.05, 3.63) is 40.7 Å². The number of aryl methyl sites for hydroxylation is 1. The summed E-state index contributed by atoms with van der Waals surface area (Å²) in [6.07, 6.45) is 4.36. The van der Waals surface area contributed by atoms with Crippen LogP contribution >= 0.6 is 0 Å². The van der Waals surface area contributed by atoms with Crippen LogP contribution in [0, 0.1) is 25.2 Å². The van der Waals surface area contributed by atoms with Crippen molar-refractivity contribution < 1.29 is 0 Å². The average Bonchev–Trinajstić information content (AvgIpc) is 3.11. The van der Waals surface area contributed by atoms with Gasteiger partial charge >= 0.3 is 0 Å². The lowest BCUT2D eigenvalue weighted by atomic mass is 10.1. The number of hydrogen-bond donors (Lipinski definition) is 1. The first kappa shape index (κ1) is 15.2. The van der Waals surface area contributed by atoms with E-state index in [2.05, 4.69) is 43.6 Å². The summed E-state index contributed by atoms with van der Waals surface area (Å²) >= 11 is 0. The van der Waals surface area contributed by atoms with Gasteiger partial charge in [-0.25, -0.2) is 4.98 Å². The van der Waals surface area contributed by atoms with Crippen LogP contribution in [-0.2, 0) is 6.54 Å². The quantitative estimate of drug-likeness (QED) is 0.935. The molecular weight excluding hydrogens is 288 g/mol. The first-order valence-electron chi connectivity index (χ1n) is 7.87. The second kappa shape index (κ2) is 6.61. The second-order valence-corrected chi connectivity index (χ2v) is 5.82. The summed E-state index contributed by atoms with van der Waals surface area (Å²) in [4.78, 5) is 6.84. The molecule has 1 saturated heterocycles. The van der Waals surface area contributed by atoms with E-state index in [9.17, 15) is 5.26 Å². The highest BCUT2D eigenvalue weighted by Gasteiger charge is 2.13. The Balaban J connectivity index is 1.69. The van der Waals surface area contributed by atoms with Crippen molar-refractivity contribution in [2.75, 3.05) is 23.3 Å². The first-order valence-corrected chi connectivity index (χ1v) is 7.87. The molecule has 0 spiro atoms. The maximum atomic E-state index is 9.30. The summed E-state index contributed by atoms with van der Waals surface area (Å²) < 4.78 is 0. The van der Waals surface area contributed by atoms with Gasteiger partial charge in [-0.15, -0.1) is 5.10 Å². The third-order valence-electron chi connectivity index (χ3n) is 4.27. The number of anilines is 2. The van der Waals surface area contributed by atoms with Gasteiger partial charge in [-0.1, -0.05) is 6.07 Å². The van der Waals surface area contributed by atoms with Crippen molar-refractivity contribution in [1.82, 2.24) is 15.2 Å². The fourth-order valence-electron chi connectivity index (χ4n) is 2.71. The molecule has 2 aromatic rings. The predicted molar refractivity (Wildman–Crippen MR) is 89.2 cm³/mol. The molecule has 0 saturated carbocycles. The Bertz CT molecular complexity index is 726. The highest BCUT2D eigenvalue weighted by atomic mass is 15.2. The van der Waals surface area contributed by atoms with E-state index in [1.54, 1.807) is 0 Å². The minimum absolute atomic E-state index is 0.527. The molecule has 6 nitrogen and oxygen atoms in total. The fraction of sp³-hybridized carbons (Fsp3) is 0.412. The number of nitrogens with zero attached hydrogens (tertiary/aromatic N) is 5. The molecule has 1 fully saturated rings. The third-order valence-corrected chi connectivity index (χ3v) is 4.27. The van der Waals surface area contributed by atoms with E-state index >= 15 is 0 Å². The molecule has 3 rings (SSSR count). The molecule has 3 heterocycles. The molecule has 2 aromatic heterocycles. The standard InChI is InChI=1S/C17H20N6/c1-12-13(2)21-22-17(15(12)9-18)20-11-14-5-6-16(19-10-14)23-7-3-4-8-23/h5-6,10H,3-4,7-8,11H2,1-2H3,(H,20,22). The van der Waals surface area contributed by atoms with Gasteiger partial charge in [0.05, 0.1) is 5.69 Å². The largest absolute Gasteiger partial charge is 0.363 e. The normalized spacial score (nSPS) is 13.9. The first-order chi connectivity index (χ1) is 11.2. The van der Waals surface area contributed by atoms with E-state index in [0.717, 1.165) is 35.7 Å². The van der Waals surface area contributed by atoms with Crippen LogP contribution in [0.2, 0.25) is 0 Å². The van der Waals surface area contributed by atoms with Crippen molar-refractivity contribution in [2.24, 2.45) is 0 Å². The molecule has 118 valence electrons. The summed E-state index contributed by atoms with van der Waals surface area (Å²) in [5.41, 5.74) is 3.26. The summed E-state index contributed by atoms with van der Waals surface area (Å²) in [6, 6.07) is 6.32. The van der Waals surface area contributed by atoms with Crippen molar-refractivity contribution >= 4 is 11.6 Å². The number of aromatic nitrogens is 3. The van der Waals surface area contributed by atoms with E-state index in [0.29, 0.717) is 17.9 Å². The summed E-state index contributed by atoms with van der Waals surface area (Å²) in [5, 5.41) is 20.7. The molecule has 0 aliphatic carbocycles. The molecule has 23 heavy (non-hydrogen) atoms. The molecule has 1 aliphatic rings. The van der Waals surface area contributed by atoms with Crippen molar-refractivity contribution in [1.29, 1.82) is 5.26 Å². The van der Waals surface area contributed by atoms with E-state index in [4.69, 9.17) is 0 Å². The summed E-state index contributed by atoms with van der Waals surface area (Å²) in [6.45, 7) is 6.50. The Morgan fingerprint density at radius 3 is 2.65 bits per heavy atom. The van der Waals surface area contributed by atoms with Crippen LogP contribution in [0.3, 0.4) is 0 Å². The predicted octanol–water partition coefficient (Wildman–Crippen LogP) is 2.57. The molecule has 0 radical (unpaired) electrons. The fourth-order valence-corrected chi connectivity index (χ4v) is 2.71. The van der Waals surface area contributed by atoms with Gasteiger partial charge in [-0.05, 0) is 43.9 Å². The van der Waals surface area contributed by atoms with Crippen LogP contribution in [-0.4, -0.2) is 28.3 Å². The third kappa shape index (κ3) is 3.24. The van der Waals surface area contributed by atoms with Gasteiger partial charge in [-0.3, -0.25) is 0 Å². The molecule has 6 heteroatoms. The van der Waals surface area contributed by atoms with Crippen molar-refractivity contribution in [3.8, 4) is 6.07 Å². The molecule has 0 aromatic carbocycles. The molecule has 0 bridgehead atoms. The molecular formula is C17H20N6. The number of nitriles is 1. The van der Waals surface area contributed by atoms with E-state index in [1.807, 2.05) is 20.0 Å². The van der Waals surface area contributed by atoms with E-state index in [-0.39, 0.29) is 0 Å². The minimum Gasteiger partial charge on any atom is -0.363 e. The Kier molecular flexibility index (Phi) is 4.38. The minimum atomic E-state index is 0.527. The van der Waals surface area contributed by atoms with E-state index < -0.39 is 0 Å². The summed E-state index contributed by atoms with van der Waals surface area (Å²) in [5.74, 6) is 1.56. The average molecular weight is 308 g/mol. The topological polar surface area (TPSA) is 77.7 Å². The highest BCUT2D eigenvalue weighted by molar-refractivity contribution is 5.56. The van der Waals surface area contributed by atoms with Crippen LogP contribution < -0.4 is 10.2 Å². The lowest BCUT2D eigenvalue weighted by Gasteiger charge is -2.16. The zero-order chi connectivity index (χ0) is 16.2. The van der Waals surface area contributed by atoms with Gasteiger partial charge in [0, 0.05) is 25.8 Å². The molecule has 0 amide bonds. The van der Waals surface area contributed by atoms with Gasteiger partial charge < -0.3 is 10.2 Å². The van der Waals surface area contributed by atoms with Crippen LogP contribution in [0.15, 0.2) is 18.3 Å². The maximum absolute atomic E-state index is 9.30. The molecule has 0 atom stereocenters. The lowest BCUT2D eigenvalue weighted by Crippen LogP contribution is -2.18. The number of hydrogen-bond acceptors (Lipinski definition) is 6. The smallest absolute Gasteiger partial charge is 0.167 e. The van der Waals surface area contributed by atoms with Crippen molar-refractivity contribution in [3.63, 3.8) is 0 Å². The van der Waals surface area contributed by atoms with Crippen LogP contribution in [0.5, 0.6) is 0 Å². The summed E-state index contributed by atoms with van der Waals surface area (Å²) in [7, 11) is 0. The van der Waals surface area contributed by atoms with Gasteiger partial charge in [-0.2, -0.15) is 10.4 Å². The zero-order valence-electron chi connectivity index (χ0n) is 13.5. The van der Waals surface area contributed by atoms with Gasteiger partial charge in [0.1, 0.15) is 17.5 Å². The Labute approximate surface area is 136 Å². The Hall–Kier alpha value is -2.68. The monoisotopic (exact) mass is 308 g/mol. The lowest BCUT2D eigenvalue weighted by molar-refractivity contribution is 0.925. The van der Waals surface area contributed by atoms with Gasteiger partial charge in [0.25, 0.3) is 0 Å². The molecule has 1 N–H and O–H groups in total.